The van der Waals surface area contributed by atoms with Crippen LogP contribution in [0.5, 0.6) is 5.75 Å². The summed E-state index contributed by atoms with van der Waals surface area (Å²) in [5.41, 5.74) is 1.75. The van der Waals surface area contributed by atoms with Crippen molar-refractivity contribution >= 4 is 22.8 Å². The van der Waals surface area contributed by atoms with Crippen LogP contribution in [-0.2, 0) is 0 Å². The lowest BCUT2D eigenvalue weighted by atomic mass is 10.0. The first-order valence-electron chi connectivity index (χ1n) is 4.68. The second kappa shape index (κ2) is 4.28. The Kier molecular flexibility index (Phi) is 2.83. The molecular weight excluding hydrogens is 220 g/mol. The minimum absolute atomic E-state index is 0.165. The van der Waals surface area contributed by atoms with Gasteiger partial charge in [0.1, 0.15) is 5.75 Å². The lowest BCUT2D eigenvalue weighted by Crippen LogP contribution is -2.13. The largest absolute Gasteiger partial charge is 0.508 e. The van der Waals surface area contributed by atoms with E-state index in [2.05, 4.69) is 0 Å². The third kappa shape index (κ3) is 2.01. The number of phenols is 1. The molecule has 0 saturated heterocycles. The zero-order valence-corrected chi connectivity index (χ0v) is 9.21. The molecular formula is C12H10N2OS. The van der Waals surface area contributed by atoms with Gasteiger partial charge in [0.15, 0.2) is 0 Å². The van der Waals surface area contributed by atoms with Gasteiger partial charge in [-0.3, -0.25) is 10.8 Å². The molecule has 0 bridgehead atoms. The molecule has 4 heteroatoms. The highest BCUT2D eigenvalue weighted by atomic mass is 32.1. The van der Waals surface area contributed by atoms with E-state index in [1.165, 1.54) is 23.5 Å². The third-order valence-corrected chi connectivity index (χ3v) is 2.90. The zero-order chi connectivity index (χ0) is 11.5. The Hall–Kier alpha value is -1.94. The maximum Gasteiger partial charge on any atom is 0.115 e. The van der Waals surface area contributed by atoms with E-state index in [1.807, 2.05) is 16.8 Å². The SMILES string of the molecule is N=C(C(=N)c1ccsc1)c1ccc(O)cc1. The van der Waals surface area contributed by atoms with Crippen LogP contribution in [0.15, 0.2) is 41.1 Å². The van der Waals surface area contributed by atoms with Crippen molar-refractivity contribution in [2.45, 2.75) is 0 Å². The third-order valence-electron chi connectivity index (χ3n) is 2.22. The number of phenolic OH excluding ortho intramolecular Hbond substituents is 1. The molecule has 80 valence electrons. The van der Waals surface area contributed by atoms with Gasteiger partial charge in [-0.25, -0.2) is 0 Å². The minimum atomic E-state index is 0.165. The van der Waals surface area contributed by atoms with E-state index < -0.39 is 0 Å². The Bertz CT molecular complexity index is 514. The molecule has 0 spiro atoms. The fourth-order valence-corrected chi connectivity index (χ4v) is 1.97. The van der Waals surface area contributed by atoms with Gasteiger partial charge in [-0.1, -0.05) is 0 Å². The molecule has 2 rings (SSSR count). The highest BCUT2D eigenvalue weighted by Crippen LogP contribution is 2.14. The summed E-state index contributed by atoms with van der Waals surface area (Å²) >= 11 is 1.51. The first kappa shape index (κ1) is 10.6. The smallest absolute Gasteiger partial charge is 0.115 e. The van der Waals surface area contributed by atoms with Gasteiger partial charge in [0, 0.05) is 16.5 Å². The van der Waals surface area contributed by atoms with Crippen LogP contribution in [0.3, 0.4) is 0 Å². The number of aromatic hydroxyl groups is 1. The Morgan fingerprint density at radius 1 is 0.938 bits per heavy atom. The van der Waals surface area contributed by atoms with Crippen LogP contribution >= 0.6 is 11.3 Å². The molecule has 1 aromatic carbocycles. The Morgan fingerprint density at radius 3 is 2.12 bits per heavy atom. The van der Waals surface area contributed by atoms with Crippen molar-refractivity contribution in [1.29, 1.82) is 10.8 Å². The van der Waals surface area contributed by atoms with Crippen molar-refractivity contribution in [2.75, 3.05) is 0 Å². The molecule has 3 nitrogen and oxygen atoms in total. The Balaban J connectivity index is 2.26. The van der Waals surface area contributed by atoms with Gasteiger partial charge in [0.25, 0.3) is 0 Å². The van der Waals surface area contributed by atoms with Crippen LogP contribution in [0.1, 0.15) is 11.1 Å². The number of hydrogen-bond donors (Lipinski definition) is 3. The molecule has 1 aromatic heterocycles. The molecule has 0 atom stereocenters. The summed E-state index contributed by atoms with van der Waals surface area (Å²) in [7, 11) is 0. The van der Waals surface area contributed by atoms with Gasteiger partial charge in [-0.05, 0) is 35.7 Å². The van der Waals surface area contributed by atoms with Crippen molar-refractivity contribution in [3.05, 3.63) is 52.2 Å². The monoisotopic (exact) mass is 230 g/mol. The second-order valence-electron chi connectivity index (χ2n) is 3.31. The number of hydrogen-bond acceptors (Lipinski definition) is 4. The summed E-state index contributed by atoms with van der Waals surface area (Å²) in [6, 6.07) is 8.13. The Morgan fingerprint density at radius 2 is 1.56 bits per heavy atom. The maximum atomic E-state index is 9.14. The van der Waals surface area contributed by atoms with E-state index in [1.54, 1.807) is 12.1 Å². The summed E-state index contributed by atoms with van der Waals surface area (Å²) in [4.78, 5) is 0. The normalized spacial score (nSPS) is 10.0. The maximum absolute atomic E-state index is 9.14. The van der Waals surface area contributed by atoms with Gasteiger partial charge in [0.05, 0.1) is 11.4 Å². The van der Waals surface area contributed by atoms with Crippen molar-refractivity contribution in [3.63, 3.8) is 0 Å². The highest BCUT2D eigenvalue weighted by molar-refractivity contribution is 7.08. The molecule has 0 aliphatic rings. The average molecular weight is 230 g/mol. The standard InChI is InChI=1S/C12H10N2OS/c13-11(8-1-3-10(15)4-2-8)12(14)9-5-6-16-7-9/h1-7,13-15H. The molecule has 3 N–H and O–H groups in total. The molecule has 0 fully saturated rings. The number of thiophene rings is 1. The average Bonchev–Trinajstić information content (AvgIpc) is 2.81. The summed E-state index contributed by atoms with van der Waals surface area (Å²) in [6.07, 6.45) is 0. The molecule has 1 heterocycles. The van der Waals surface area contributed by atoms with Crippen LogP contribution in [0.4, 0.5) is 0 Å². The van der Waals surface area contributed by atoms with Gasteiger partial charge in [-0.2, -0.15) is 11.3 Å². The summed E-state index contributed by atoms with van der Waals surface area (Å²) in [5, 5.41) is 28.6. The van der Waals surface area contributed by atoms with Crippen molar-refractivity contribution in [2.24, 2.45) is 0 Å². The summed E-state index contributed by atoms with van der Waals surface area (Å²) < 4.78 is 0. The van der Waals surface area contributed by atoms with Crippen molar-refractivity contribution in [1.82, 2.24) is 0 Å². The topological polar surface area (TPSA) is 67.9 Å². The van der Waals surface area contributed by atoms with Crippen LogP contribution in [-0.4, -0.2) is 16.5 Å². The highest BCUT2D eigenvalue weighted by Gasteiger charge is 2.10. The van der Waals surface area contributed by atoms with Gasteiger partial charge >= 0.3 is 0 Å². The predicted molar refractivity (Wildman–Crippen MR) is 66.1 cm³/mol. The van der Waals surface area contributed by atoms with Crippen molar-refractivity contribution < 1.29 is 5.11 Å². The van der Waals surface area contributed by atoms with E-state index in [0.29, 0.717) is 5.56 Å². The molecule has 0 amide bonds. The molecule has 2 aromatic rings. The van der Waals surface area contributed by atoms with E-state index in [0.717, 1.165) is 5.56 Å². The van der Waals surface area contributed by atoms with Gasteiger partial charge in [-0.15, -0.1) is 0 Å². The van der Waals surface area contributed by atoms with Crippen LogP contribution < -0.4 is 0 Å². The lowest BCUT2D eigenvalue weighted by molar-refractivity contribution is 0.475. The molecule has 0 unspecified atom stereocenters. The number of rotatable bonds is 3. The van der Waals surface area contributed by atoms with E-state index in [-0.39, 0.29) is 17.2 Å². The fraction of sp³-hybridized carbons (Fsp3) is 0. The summed E-state index contributed by atoms with van der Waals surface area (Å²) in [5.74, 6) is 0.165. The van der Waals surface area contributed by atoms with E-state index in [9.17, 15) is 0 Å². The number of nitrogens with one attached hydrogen (secondary N) is 2. The van der Waals surface area contributed by atoms with Crippen LogP contribution in [0.25, 0.3) is 0 Å². The summed E-state index contributed by atoms with van der Waals surface area (Å²) in [6.45, 7) is 0. The molecule has 0 saturated carbocycles. The quantitative estimate of drug-likeness (QED) is 0.697. The second-order valence-corrected chi connectivity index (χ2v) is 4.09. The first-order chi connectivity index (χ1) is 7.68. The van der Waals surface area contributed by atoms with E-state index in [4.69, 9.17) is 15.9 Å². The van der Waals surface area contributed by atoms with Crippen LogP contribution in [0, 0.1) is 10.8 Å². The molecule has 0 radical (unpaired) electrons. The Labute approximate surface area is 97.0 Å². The predicted octanol–water partition coefficient (Wildman–Crippen LogP) is 2.89. The number of benzene rings is 1. The van der Waals surface area contributed by atoms with Gasteiger partial charge in [0.2, 0.25) is 0 Å². The molecule has 0 aliphatic heterocycles. The first-order valence-corrected chi connectivity index (χ1v) is 5.62. The minimum Gasteiger partial charge on any atom is -0.508 e. The van der Waals surface area contributed by atoms with E-state index >= 15 is 0 Å². The molecule has 0 aliphatic carbocycles. The lowest BCUT2D eigenvalue weighted by Gasteiger charge is -2.04. The van der Waals surface area contributed by atoms with Crippen molar-refractivity contribution in [3.8, 4) is 5.75 Å². The zero-order valence-electron chi connectivity index (χ0n) is 8.40. The van der Waals surface area contributed by atoms with Crippen LogP contribution in [0.2, 0.25) is 0 Å². The fourth-order valence-electron chi connectivity index (χ4n) is 1.32. The van der Waals surface area contributed by atoms with Gasteiger partial charge < -0.3 is 5.11 Å². The molecule has 16 heavy (non-hydrogen) atoms.